The minimum atomic E-state index is -0.742. The zero-order valence-electron chi connectivity index (χ0n) is 5.33. The molecule has 3 heteroatoms. The molecule has 0 saturated heterocycles. The molecule has 0 amide bonds. The molecule has 0 aliphatic heterocycles. The van der Waals surface area contributed by atoms with Crippen molar-refractivity contribution in [3.05, 3.63) is 12.7 Å². The maximum absolute atomic E-state index is 10.1. The van der Waals surface area contributed by atoms with Crippen molar-refractivity contribution in [2.24, 2.45) is 0 Å². The van der Waals surface area contributed by atoms with E-state index in [0.717, 1.165) is 0 Å². The predicted octanol–water partition coefficient (Wildman–Crippen LogP) is 0.0964. The Kier molecular flexibility index (Phi) is 3.71. The van der Waals surface area contributed by atoms with Crippen LogP contribution in [0.3, 0.4) is 0 Å². The molecule has 0 heterocycles. The van der Waals surface area contributed by atoms with Crippen molar-refractivity contribution in [3.8, 4) is 0 Å². The van der Waals surface area contributed by atoms with E-state index in [1.807, 2.05) is 0 Å². The molecule has 9 heavy (non-hydrogen) atoms. The Balaban J connectivity index is 3.26. The SMILES string of the molecule is C=C[C@@H](O)COC(C)=O. The zero-order valence-corrected chi connectivity index (χ0v) is 5.33. The number of aliphatic hydroxyl groups excluding tert-OH is 1. The largest absolute Gasteiger partial charge is 0.463 e. The Bertz CT molecular complexity index is 109. The van der Waals surface area contributed by atoms with Gasteiger partial charge in [-0.1, -0.05) is 6.08 Å². The maximum Gasteiger partial charge on any atom is 0.302 e. The number of hydrogen-bond acceptors (Lipinski definition) is 3. The zero-order chi connectivity index (χ0) is 7.28. The third kappa shape index (κ3) is 5.03. The van der Waals surface area contributed by atoms with Gasteiger partial charge < -0.3 is 9.84 Å². The molecule has 0 unspecified atom stereocenters. The van der Waals surface area contributed by atoms with Gasteiger partial charge in [-0.25, -0.2) is 0 Å². The van der Waals surface area contributed by atoms with Crippen LogP contribution in [0.4, 0.5) is 0 Å². The number of carbonyl (C=O) groups excluding carboxylic acids is 1. The summed E-state index contributed by atoms with van der Waals surface area (Å²) in [6.45, 7) is 4.58. The summed E-state index contributed by atoms with van der Waals surface area (Å²) < 4.78 is 4.43. The number of esters is 1. The Morgan fingerprint density at radius 2 is 2.56 bits per heavy atom. The van der Waals surface area contributed by atoms with Crippen molar-refractivity contribution in [3.63, 3.8) is 0 Å². The van der Waals surface area contributed by atoms with Crippen LogP contribution in [0, 0.1) is 0 Å². The predicted molar refractivity (Wildman–Crippen MR) is 32.8 cm³/mol. The molecule has 1 N–H and O–H groups in total. The Morgan fingerprint density at radius 3 is 2.89 bits per heavy atom. The van der Waals surface area contributed by atoms with E-state index in [4.69, 9.17) is 5.11 Å². The van der Waals surface area contributed by atoms with Crippen LogP contribution < -0.4 is 0 Å². The smallest absolute Gasteiger partial charge is 0.302 e. The van der Waals surface area contributed by atoms with Crippen molar-refractivity contribution in [1.29, 1.82) is 0 Å². The first kappa shape index (κ1) is 8.17. The summed E-state index contributed by atoms with van der Waals surface area (Å²) in [6, 6.07) is 0. The fraction of sp³-hybridized carbons (Fsp3) is 0.500. The topological polar surface area (TPSA) is 46.5 Å². The first-order chi connectivity index (χ1) is 4.16. The van der Waals surface area contributed by atoms with Crippen molar-refractivity contribution >= 4 is 5.97 Å². The molecule has 0 aliphatic rings. The van der Waals surface area contributed by atoms with E-state index in [9.17, 15) is 4.79 Å². The summed E-state index contributed by atoms with van der Waals surface area (Å²) in [5, 5.41) is 8.71. The maximum atomic E-state index is 10.1. The fourth-order valence-corrected chi connectivity index (χ4v) is 0.271. The molecule has 1 atom stereocenters. The van der Waals surface area contributed by atoms with Gasteiger partial charge in [-0.2, -0.15) is 0 Å². The molecule has 0 aromatic heterocycles. The Labute approximate surface area is 53.9 Å². The van der Waals surface area contributed by atoms with Gasteiger partial charge >= 0.3 is 5.97 Å². The fourth-order valence-electron chi connectivity index (χ4n) is 0.271. The first-order valence-corrected chi connectivity index (χ1v) is 2.60. The lowest BCUT2D eigenvalue weighted by Crippen LogP contribution is -2.13. The van der Waals surface area contributed by atoms with Gasteiger partial charge in [-0.3, -0.25) is 4.79 Å². The summed E-state index contributed by atoms with van der Waals surface area (Å²) in [5.74, 6) is -0.393. The first-order valence-electron chi connectivity index (χ1n) is 2.60. The summed E-state index contributed by atoms with van der Waals surface area (Å²) in [7, 11) is 0. The third-order valence-corrected chi connectivity index (χ3v) is 0.729. The van der Waals surface area contributed by atoms with Crippen molar-refractivity contribution < 1.29 is 14.6 Å². The van der Waals surface area contributed by atoms with Crippen LogP contribution in [0.2, 0.25) is 0 Å². The number of ether oxygens (including phenoxy) is 1. The lowest BCUT2D eigenvalue weighted by atomic mass is 10.4. The Hall–Kier alpha value is -0.830. The average molecular weight is 130 g/mol. The lowest BCUT2D eigenvalue weighted by Gasteiger charge is -2.03. The monoisotopic (exact) mass is 130 g/mol. The summed E-state index contributed by atoms with van der Waals surface area (Å²) in [4.78, 5) is 10.1. The lowest BCUT2D eigenvalue weighted by molar-refractivity contribution is -0.143. The molecule has 0 aromatic rings. The number of hydrogen-bond donors (Lipinski definition) is 1. The molecular formula is C6H10O3. The van der Waals surface area contributed by atoms with Gasteiger partial charge in [0.15, 0.2) is 0 Å². The molecule has 0 rings (SSSR count). The van der Waals surface area contributed by atoms with Gasteiger partial charge in [0.2, 0.25) is 0 Å². The molecule has 52 valence electrons. The third-order valence-electron chi connectivity index (χ3n) is 0.729. The van der Waals surface area contributed by atoms with Gasteiger partial charge in [-0.05, 0) is 0 Å². The highest BCUT2D eigenvalue weighted by Gasteiger charge is 1.98. The molecule has 0 spiro atoms. The quantitative estimate of drug-likeness (QED) is 0.435. The molecule has 3 nitrogen and oxygen atoms in total. The van der Waals surface area contributed by atoms with Crippen molar-refractivity contribution in [2.75, 3.05) is 6.61 Å². The minimum Gasteiger partial charge on any atom is -0.463 e. The van der Waals surface area contributed by atoms with Crippen LogP contribution in [0.15, 0.2) is 12.7 Å². The van der Waals surface area contributed by atoms with Crippen molar-refractivity contribution in [1.82, 2.24) is 0 Å². The van der Waals surface area contributed by atoms with E-state index in [-0.39, 0.29) is 6.61 Å². The van der Waals surface area contributed by atoms with E-state index < -0.39 is 12.1 Å². The molecular weight excluding hydrogens is 120 g/mol. The average Bonchev–Trinajstić information content (AvgIpc) is 1.83. The highest BCUT2D eigenvalue weighted by molar-refractivity contribution is 5.65. The van der Waals surface area contributed by atoms with Gasteiger partial charge in [0.05, 0.1) is 0 Å². The van der Waals surface area contributed by atoms with E-state index in [0.29, 0.717) is 0 Å². The van der Waals surface area contributed by atoms with E-state index >= 15 is 0 Å². The van der Waals surface area contributed by atoms with Crippen molar-refractivity contribution in [2.45, 2.75) is 13.0 Å². The van der Waals surface area contributed by atoms with Gasteiger partial charge in [0.1, 0.15) is 12.7 Å². The van der Waals surface area contributed by atoms with Crippen LogP contribution in [0.5, 0.6) is 0 Å². The standard InChI is InChI=1S/C6H10O3/c1-3-6(8)4-9-5(2)7/h3,6,8H,1,4H2,2H3/t6-/m1/s1. The second-order valence-electron chi connectivity index (χ2n) is 1.61. The molecule has 0 bridgehead atoms. The summed E-state index contributed by atoms with van der Waals surface area (Å²) in [5.41, 5.74) is 0. The highest BCUT2D eigenvalue weighted by Crippen LogP contribution is 1.85. The van der Waals surface area contributed by atoms with E-state index in [1.165, 1.54) is 13.0 Å². The molecule has 0 fully saturated rings. The number of aliphatic hydroxyl groups is 1. The van der Waals surface area contributed by atoms with Crippen LogP contribution in [0.25, 0.3) is 0 Å². The van der Waals surface area contributed by atoms with E-state index in [1.54, 1.807) is 0 Å². The molecule has 0 aliphatic carbocycles. The minimum absolute atomic E-state index is 0.00116. The van der Waals surface area contributed by atoms with Crippen LogP contribution in [0.1, 0.15) is 6.92 Å². The number of carbonyl (C=O) groups is 1. The molecule has 0 saturated carbocycles. The normalized spacial score (nSPS) is 12.2. The second-order valence-corrected chi connectivity index (χ2v) is 1.61. The second kappa shape index (κ2) is 4.09. The molecule has 0 radical (unpaired) electrons. The Morgan fingerprint density at radius 1 is 2.00 bits per heavy atom. The number of rotatable bonds is 3. The van der Waals surface area contributed by atoms with Gasteiger partial charge in [0, 0.05) is 6.92 Å². The molecule has 0 aromatic carbocycles. The van der Waals surface area contributed by atoms with Crippen LogP contribution in [-0.4, -0.2) is 23.8 Å². The van der Waals surface area contributed by atoms with Gasteiger partial charge in [-0.15, -0.1) is 6.58 Å². The highest BCUT2D eigenvalue weighted by atomic mass is 16.5. The summed E-state index contributed by atoms with van der Waals surface area (Å²) >= 11 is 0. The van der Waals surface area contributed by atoms with Crippen LogP contribution >= 0.6 is 0 Å². The van der Waals surface area contributed by atoms with Crippen LogP contribution in [-0.2, 0) is 9.53 Å². The van der Waals surface area contributed by atoms with E-state index in [2.05, 4.69) is 11.3 Å². The summed E-state index contributed by atoms with van der Waals surface area (Å²) in [6.07, 6.45) is 0.567. The van der Waals surface area contributed by atoms with Gasteiger partial charge in [0.25, 0.3) is 0 Å².